The third kappa shape index (κ3) is 3.30. The van der Waals surface area contributed by atoms with Crippen LogP contribution in [0.25, 0.3) is 10.9 Å². The number of aliphatic hydroxyl groups excluding tert-OH is 1. The van der Waals surface area contributed by atoms with Crippen LogP contribution in [0.4, 0.5) is 0 Å². The second-order valence-electron chi connectivity index (χ2n) is 5.32. The Balaban J connectivity index is 2.11. The van der Waals surface area contributed by atoms with Crippen LogP contribution in [0.5, 0.6) is 0 Å². The van der Waals surface area contributed by atoms with Gasteiger partial charge in [0, 0.05) is 11.6 Å². The lowest BCUT2D eigenvalue weighted by molar-refractivity contribution is 0.157. The van der Waals surface area contributed by atoms with Crippen molar-refractivity contribution in [2.24, 2.45) is 5.92 Å². The molecule has 0 aliphatic carbocycles. The van der Waals surface area contributed by atoms with Crippen LogP contribution in [0.1, 0.15) is 32.3 Å². The molecule has 0 fully saturated rings. The molecule has 1 unspecified atom stereocenters. The molecule has 2 heteroatoms. The molecule has 1 atom stereocenters. The molecule has 1 heterocycles. The van der Waals surface area contributed by atoms with Gasteiger partial charge in [-0.05, 0) is 42.9 Å². The first-order valence-corrected chi connectivity index (χ1v) is 6.67. The topological polar surface area (TPSA) is 33.1 Å². The van der Waals surface area contributed by atoms with Gasteiger partial charge in [-0.15, -0.1) is 0 Å². The largest absolute Gasteiger partial charge is 0.393 e. The number of pyridine rings is 1. The molecular formula is C16H21NO. The van der Waals surface area contributed by atoms with Crippen LogP contribution in [0.3, 0.4) is 0 Å². The van der Waals surface area contributed by atoms with Gasteiger partial charge < -0.3 is 5.11 Å². The summed E-state index contributed by atoms with van der Waals surface area (Å²) in [5.41, 5.74) is 2.20. The van der Waals surface area contributed by atoms with Gasteiger partial charge in [0.05, 0.1) is 11.6 Å². The molecule has 1 aromatic carbocycles. The SMILES string of the molecule is CC(C)CCC(O)Cc1ccnc2ccccc12. The molecule has 96 valence electrons. The molecule has 0 saturated carbocycles. The zero-order valence-corrected chi connectivity index (χ0v) is 11.1. The van der Waals surface area contributed by atoms with Crippen molar-refractivity contribution >= 4 is 10.9 Å². The van der Waals surface area contributed by atoms with E-state index in [0.29, 0.717) is 5.92 Å². The number of nitrogens with zero attached hydrogens (tertiary/aromatic N) is 1. The second kappa shape index (κ2) is 5.96. The monoisotopic (exact) mass is 243 g/mol. The molecule has 2 aromatic rings. The molecule has 0 radical (unpaired) electrons. The van der Waals surface area contributed by atoms with Gasteiger partial charge in [0.15, 0.2) is 0 Å². The van der Waals surface area contributed by atoms with E-state index in [9.17, 15) is 5.11 Å². The van der Waals surface area contributed by atoms with Crippen LogP contribution < -0.4 is 0 Å². The summed E-state index contributed by atoms with van der Waals surface area (Å²) in [4.78, 5) is 4.34. The number of para-hydroxylation sites is 1. The van der Waals surface area contributed by atoms with E-state index in [2.05, 4.69) is 24.9 Å². The highest BCUT2D eigenvalue weighted by atomic mass is 16.3. The molecule has 0 aliphatic rings. The minimum Gasteiger partial charge on any atom is -0.393 e. The van der Waals surface area contributed by atoms with Gasteiger partial charge in [-0.2, -0.15) is 0 Å². The maximum Gasteiger partial charge on any atom is 0.0704 e. The van der Waals surface area contributed by atoms with E-state index in [1.54, 1.807) is 0 Å². The summed E-state index contributed by atoms with van der Waals surface area (Å²) in [7, 11) is 0. The lowest BCUT2D eigenvalue weighted by Gasteiger charge is -2.13. The summed E-state index contributed by atoms with van der Waals surface area (Å²) in [5, 5.41) is 11.2. The Kier molecular flexibility index (Phi) is 4.32. The molecule has 2 rings (SSSR count). The van der Waals surface area contributed by atoms with Crippen molar-refractivity contribution in [1.82, 2.24) is 4.98 Å². The molecule has 1 N–H and O–H groups in total. The predicted molar refractivity (Wildman–Crippen MR) is 75.5 cm³/mol. The number of rotatable bonds is 5. The highest BCUT2D eigenvalue weighted by Gasteiger charge is 2.09. The van der Waals surface area contributed by atoms with Crippen LogP contribution in [0, 0.1) is 5.92 Å². The van der Waals surface area contributed by atoms with Crippen molar-refractivity contribution in [3.8, 4) is 0 Å². The lowest BCUT2D eigenvalue weighted by atomic mass is 9.98. The van der Waals surface area contributed by atoms with Gasteiger partial charge in [0.1, 0.15) is 0 Å². The minimum atomic E-state index is -0.252. The fourth-order valence-electron chi connectivity index (χ4n) is 2.21. The zero-order valence-electron chi connectivity index (χ0n) is 11.1. The fourth-order valence-corrected chi connectivity index (χ4v) is 2.21. The molecule has 0 spiro atoms. The second-order valence-corrected chi connectivity index (χ2v) is 5.32. The molecule has 0 bridgehead atoms. The van der Waals surface area contributed by atoms with Crippen molar-refractivity contribution < 1.29 is 5.11 Å². The average molecular weight is 243 g/mol. The average Bonchev–Trinajstić information content (AvgIpc) is 2.37. The maximum absolute atomic E-state index is 10.1. The van der Waals surface area contributed by atoms with Crippen LogP contribution in [0.15, 0.2) is 36.5 Å². The first-order valence-electron chi connectivity index (χ1n) is 6.67. The van der Waals surface area contributed by atoms with E-state index in [0.717, 1.165) is 30.2 Å². The molecule has 18 heavy (non-hydrogen) atoms. The maximum atomic E-state index is 10.1. The highest BCUT2D eigenvalue weighted by Crippen LogP contribution is 2.19. The van der Waals surface area contributed by atoms with Crippen molar-refractivity contribution in [1.29, 1.82) is 0 Å². The van der Waals surface area contributed by atoms with Crippen LogP contribution in [-0.4, -0.2) is 16.2 Å². The van der Waals surface area contributed by atoms with Gasteiger partial charge >= 0.3 is 0 Å². The standard InChI is InChI=1S/C16H21NO/c1-12(2)7-8-14(18)11-13-9-10-17-16-6-4-3-5-15(13)16/h3-6,9-10,12,14,18H,7-8,11H2,1-2H3. The Morgan fingerprint density at radius 3 is 2.67 bits per heavy atom. The molecule has 1 aromatic heterocycles. The smallest absolute Gasteiger partial charge is 0.0704 e. The minimum absolute atomic E-state index is 0.252. The number of aliphatic hydroxyl groups is 1. The summed E-state index contributed by atoms with van der Waals surface area (Å²) in [6.07, 6.45) is 4.24. The van der Waals surface area contributed by atoms with Crippen molar-refractivity contribution in [2.75, 3.05) is 0 Å². The Hall–Kier alpha value is -1.41. The van der Waals surface area contributed by atoms with Crippen LogP contribution >= 0.6 is 0 Å². The summed E-state index contributed by atoms with van der Waals surface area (Å²) in [6, 6.07) is 10.1. The van der Waals surface area contributed by atoms with Crippen molar-refractivity contribution in [3.63, 3.8) is 0 Å². The zero-order chi connectivity index (χ0) is 13.0. The molecular weight excluding hydrogens is 222 g/mol. The molecule has 0 aliphatic heterocycles. The number of benzene rings is 1. The first kappa shape index (κ1) is 13.0. The normalized spacial score (nSPS) is 13.1. The van der Waals surface area contributed by atoms with Crippen LogP contribution in [0.2, 0.25) is 0 Å². The molecule has 0 amide bonds. The highest BCUT2D eigenvalue weighted by molar-refractivity contribution is 5.81. The number of aromatic nitrogens is 1. The van der Waals surface area contributed by atoms with Gasteiger partial charge in [0.25, 0.3) is 0 Å². The van der Waals surface area contributed by atoms with E-state index in [4.69, 9.17) is 0 Å². The van der Waals surface area contributed by atoms with Gasteiger partial charge in [-0.1, -0.05) is 32.0 Å². The van der Waals surface area contributed by atoms with E-state index < -0.39 is 0 Å². The van der Waals surface area contributed by atoms with Gasteiger partial charge in [-0.3, -0.25) is 4.98 Å². The van der Waals surface area contributed by atoms with Crippen molar-refractivity contribution in [3.05, 3.63) is 42.1 Å². The third-order valence-electron chi connectivity index (χ3n) is 3.27. The Morgan fingerprint density at radius 2 is 1.89 bits per heavy atom. The number of hydrogen-bond donors (Lipinski definition) is 1. The summed E-state index contributed by atoms with van der Waals surface area (Å²) < 4.78 is 0. The Morgan fingerprint density at radius 1 is 1.11 bits per heavy atom. The predicted octanol–water partition coefficient (Wildman–Crippen LogP) is 3.57. The van der Waals surface area contributed by atoms with E-state index >= 15 is 0 Å². The van der Waals surface area contributed by atoms with E-state index in [1.807, 2.05) is 30.5 Å². The van der Waals surface area contributed by atoms with Gasteiger partial charge in [-0.25, -0.2) is 0 Å². The number of hydrogen-bond acceptors (Lipinski definition) is 2. The summed E-state index contributed by atoms with van der Waals surface area (Å²) in [6.45, 7) is 4.38. The first-order chi connectivity index (χ1) is 8.66. The molecule has 2 nitrogen and oxygen atoms in total. The van der Waals surface area contributed by atoms with E-state index in [1.165, 1.54) is 5.56 Å². The summed E-state index contributed by atoms with van der Waals surface area (Å²) in [5.74, 6) is 0.647. The van der Waals surface area contributed by atoms with Gasteiger partial charge in [0.2, 0.25) is 0 Å². The number of fused-ring (bicyclic) bond motifs is 1. The Labute approximate surface area is 109 Å². The lowest BCUT2D eigenvalue weighted by Crippen LogP contribution is -2.11. The fraction of sp³-hybridized carbons (Fsp3) is 0.438. The van der Waals surface area contributed by atoms with E-state index in [-0.39, 0.29) is 6.10 Å². The molecule has 0 saturated heterocycles. The van der Waals surface area contributed by atoms with Crippen molar-refractivity contribution in [2.45, 2.75) is 39.2 Å². The summed E-state index contributed by atoms with van der Waals surface area (Å²) >= 11 is 0. The van der Waals surface area contributed by atoms with Crippen LogP contribution in [-0.2, 0) is 6.42 Å². The third-order valence-corrected chi connectivity index (χ3v) is 3.27. The Bertz CT molecular complexity index is 502. The quantitative estimate of drug-likeness (QED) is 0.870.